The molecular weight excluding hydrogens is 510 g/mol. The molecule has 1 aliphatic rings. The summed E-state index contributed by atoms with van der Waals surface area (Å²) in [6.45, 7) is -1.34. The summed E-state index contributed by atoms with van der Waals surface area (Å²) < 4.78 is 66.9. The summed E-state index contributed by atoms with van der Waals surface area (Å²) in [4.78, 5) is 28.5. The van der Waals surface area contributed by atoms with Crippen LogP contribution in [0, 0.1) is 5.82 Å². The third-order valence-corrected chi connectivity index (χ3v) is 5.89. The molecule has 3 aromatic rings. The summed E-state index contributed by atoms with van der Waals surface area (Å²) in [5.74, 6) is -2.01. The fourth-order valence-corrected chi connectivity index (χ4v) is 3.57. The van der Waals surface area contributed by atoms with Crippen molar-refractivity contribution in [3.63, 3.8) is 0 Å². The third-order valence-electron chi connectivity index (χ3n) is 5.89. The highest BCUT2D eigenvalue weighted by Crippen LogP contribution is 2.39. The number of nitrogens with one attached hydrogen (secondary N) is 1. The van der Waals surface area contributed by atoms with Gasteiger partial charge in [-0.1, -0.05) is 0 Å². The number of hydrogen-bond donors (Lipinski definition) is 3. The minimum absolute atomic E-state index is 0.0413. The number of rotatable bonds is 9. The number of hydrogen-bond acceptors (Lipinski definition) is 6. The molecule has 2 aromatic carbocycles. The highest BCUT2D eigenvalue weighted by molar-refractivity contribution is 5.95. The van der Waals surface area contributed by atoms with Crippen LogP contribution in [0.2, 0.25) is 0 Å². The quantitative estimate of drug-likeness (QED) is 0.361. The van der Waals surface area contributed by atoms with E-state index in [-0.39, 0.29) is 34.2 Å². The topological polar surface area (TPSA) is 124 Å². The monoisotopic (exact) mass is 533 g/mol. The van der Waals surface area contributed by atoms with Gasteiger partial charge in [0.25, 0.3) is 5.91 Å². The second-order valence-electron chi connectivity index (χ2n) is 8.72. The molecule has 12 heteroatoms. The van der Waals surface area contributed by atoms with E-state index < -0.39 is 41.6 Å². The molecule has 1 saturated carbocycles. The number of carbonyl (C=O) groups excluding carboxylic acids is 2. The first kappa shape index (κ1) is 26.9. The lowest BCUT2D eigenvalue weighted by Crippen LogP contribution is -2.51. The SMILES string of the molecule is COc1cc(C(=O)NCC(O)(c2cc(C(N)=O)cc(-c3ccc(F)cc3)n2)C(F)(F)F)ccc1OC1CC1. The first-order valence-electron chi connectivity index (χ1n) is 11.4. The van der Waals surface area contributed by atoms with Gasteiger partial charge in [0.05, 0.1) is 31.1 Å². The van der Waals surface area contributed by atoms with Gasteiger partial charge in [-0.3, -0.25) is 9.59 Å². The summed E-state index contributed by atoms with van der Waals surface area (Å²) >= 11 is 0. The van der Waals surface area contributed by atoms with E-state index in [0.717, 1.165) is 31.0 Å². The summed E-state index contributed by atoms with van der Waals surface area (Å²) in [7, 11) is 1.36. The van der Waals surface area contributed by atoms with Crippen LogP contribution in [0.1, 0.15) is 39.3 Å². The van der Waals surface area contributed by atoms with Crippen molar-refractivity contribution < 1.29 is 41.7 Å². The maximum absolute atomic E-state index is 14.2. The Hall–Kier alpha value is -4.19. The highest BCUT2D eigenvalue weighted by Gasteiger charge is 2.56. The normalized spacial score (nSPS) is 14.9. The lowest BCUT2D eigenvalue weighted by atomic mass is 9.95. The van der Waals surface area contributed by atoms with Gasteiger partial charge in [0.1, 0.15) is 5.82 Å². The second kappa shape index (κ2) is 10.3. The van der Waals surface area contributed by atoms with Crippen LogP contribution in [-0.2, 0) is 5.60 Å². The lowest BCUT2D eigenvalue weighted by Gasteiger charge is -2.30. The van der Waals surface area contributed by atoms with Crippen molar-refractivity contribution in [1.82, 2.24) is 10.3 Å². The van der Waals surface area contributed by atoms with Crippen LogP contribution < -0.4 is 20.5 Å². The molecule has 1 fully saturated rings. The van der Waals surface area contributed by atoms with Crippen LogP contribution in [0.3, 0.4) is 0 Å². The van der Waals surface area contributed by atoms with Crippen LogP contribution in [0.4, 0.5) is 17.6 Å². The Labute approximate surface area is 214 Å². The molecule has 200 valence electrons. The average molecular weight is 533 g/mol. The zero-order valence-electron chi connectivity index (χ0n) is 20.0. The molecule has 4 N–H and O–H groups in total. The Kier molecular flexibility index (Phi) is 7.27. The fraction of sp³-hybridized carbons (Fsp3) is 0.269. The molecule has 4 rings (SSSR count). The molecular formula is C26H23F4N3O5. The van der Waals surface area contributed by atoms with Gasteiger partial charge in [0.2, 0.25) is 11.5 Å². The van der Waals surface area contributed by atoms with Gasteiger partial charge in [0.15, 0.2) is 11.5 Å². The highest BCUT2D eigenvalue weighted by atomic mass is 19.4. The van der Waals surface area contributed by atoms with Crippen molar-refractivity contribution in [1.29, 1.82) is 0 Å². The minimum Gasteiger partial charge on any atom is -0.493 e. The van der Waals surface area contributed by atoms with E-state index in [1.54, 1.807) is 0 Å². The number of methoxy groups -OCH3 is 1. The van der Waals surface area contributed by atoms with Gasteiger partial charge >= 0.3 is 6.18 Å². The van der Waals surface area contributed by atoms with Crippen molar-refractivity contribution in [3.05, 3.63) is 77.2 Å². The number of alkyl halides is 3. The average Bonchev–Trinajstić information content (AvgIpc) is 3.70. The molecule has 0 bridgehead atoms. The predicted molar refractivity (Wildman–Crippen MR) is 127 cm³/mol. The molecule has 1 aromatic heterocycles. The molecule has 1 unspecified atom stereocenters. The third kappa shape index (κ3) is 5.70. The number of aliphatic hydroxyl groups is 1. The number of carbonyl (C=O) groups is 2. The van der Waals surface area contributed by atoms with Crippen LogP contribution >= 0.6 is 0 Å². The van der Waals surface area contributed by atoms with Gasteiger partial charge in [-0.2, -0.15) is 13.2 Å². The zero-order valence-corrected chi connectivity index (χ0v) is 20.0. The number of pyridine rings is 1. The minimum atomic E-state index is -5.33. The van der Waals surface area contributed by atoms with Crippen molar-refractivity contribution >= 4 is 11.8 Å². The van der Waals surface area contributed by atoms with Crippen LogP contribution in [-0.4, -0.2) is 47.8 Å². The number of ether oxygens (including phenoxy) is 2. The van der Waals surface area contributed by atoms with Gasteiger partial charge < -0.3 is 25.6 Å². The van der Waals surface area contributed by atoms with Gasteiger partial charge in [-0.15, -0.1) is 0 Å². The summed E-state index contributed by atoms with van der Waals surface area (Å²) in [6.07, 6.45) is -3.51. The molecule has 0 radical (unpaired) electrons. The molecule has 1 heterocycles. The van der Waals surface area contributed by atoms with E-state index in [9.17, 15) is 32.3 Å². The summed E-state index contributed by atoms with van der Waals surface area (Å²) in [5.41, 5.74) is 0.199. The van der Waals surface area contributed by atoms with E-state index in [4.69, 9.17) is 15.2 Å². The van der Waals surface area contributed by atoms with Crippen molar-refractivity contribution in [2.24, 2.45) is 5.73 Å². The predicted octanol–water partition coefficient (Wildman–Crippen LogP) is 3.72. The van der Waals surface area contributed by atoms with E-state index in [0.29, 0.717) is 11.8 Å². The molecule has 1 atom stereocenters. The molecule has 0 saturated heterocycles. The second-order valence-corrected chi connectivity index (χ2v) is 8.72. The number of halogens is 4. The summed E-state index contributed by atoms with van der Waals surface area (Å²) in [5, 5.41) is 12.9. The largest absolute Gasteiger partial charge is 0.493 e. The van der Waals surface area contributed by atoms with Crippen LogP contribution in [0.5, 0.6) is 11.5 Å². The maximum Gasteiger partial charge on any atom is 0.424 e. The smallest absolute Gasteiger partial charge is 0.424 e. The number of nitrogens with zero attached hydrogens (tertiary/aromatic N) is 1. The number of aromatic nitrogens is 1. The summed E-state index contributed by atoms with van der Waals surface area (Å²) in [6, 6.07) is 10.5. The first-order valence-corrected chi connectivity index (χ1v) is 11.4. The molecule has 0 spiro atoms. The van der Waals surface area contributed by atoms with E-state index in [1.165, 1.54) is 37.4 Å². The van der Waals surface area contributed by atoms with Gasteiger partial charge in [0, 0.05) is 16.7 Å². The fourth-order valence-electron chi connectivity index (χ4n) is 3.57. The molecule has 1 aliphatic carbocycles. The van der Waals surface area contributed by atoms with Gasteiger partial charge in [-0.25, -0.2) is 9.37 Å². The Morgan fingerprint density at radius 2 is 1.74 bits per heavy atom. The van der Waals surface area contributed by atoms with Gasteiger partial charge in [-0.05, 0) is 67.4 Å². The van der Waals surface area contributed by atoms with E-state index in [2.05, 4.69) is 10.3 Å². The zero-order chi connectivity index (χ0) is 27.7. The van der Waals surface area contributed by atoms with Crippen molar-refractivity contribution in [3.8, 4) is 22.8 Å². The molecule has 0 aliphatic heterocycles. The number of amides is 2. The Bertz CT molecular complexity index is 1360. The van der Waals surface area contributed by atoms with E-state index in [1.807, 2.05) is 0 Å². The van der Waals surface area contributed by atoms with Crippen molar-refractivity contribution in [2.45, 2.75) is 30.7 Å². The Balaban J connectivity index is 1.65. The number of primary amides is 1. The van der Waals surface area contributed by atoms with Crippen LogP contribution in [0.15, 0.2) is 54.6 Å². The first-order chi connectivity index (χ1) is 17.9. The van der Waals surface area contributed by atoms with E-state index >= 15 is 0 Å². The standard InChI is InChI=1S/C26H23F4N3O5/c1-37-21-11-15(4-9-20(21)38-18-7-8-18)24(35)32-13-25(36,26(28,29)30)22-12-16(23(31)34)10-19(33-22)14-2-5-17(27)6-3-14/h2-6,9-12,18,36H,7-8,13H2,1H3,(H2,31,34)(H,32,35). The lowest BCUT2D eigenvalue weighted by molar-refractivity contribution is -0.265. The molecule has 2 amide bonds. The maximum atomic E-state index is 14.2. The number of nitrogens with two attached hydrogens (primary N) is 1. The number of benzene rings is 2. The van der Waals surface area contributed by atoms with Crippen LogP contribution in [0.25, 0.3) is 11.3 Å². The Morgan fingerprint density at radius 1 is 1.05 bits per heavy atom. The molecule has 38 heavy (non-hydrogen) atoms. The Morgan fingerprint density at radius 3 is 2.32 bits per heavy atom. The molecule has 8 nitrogen and oxygen atoms in total. The van der Waals surface area contributed by atoms with Crippen molar-refractivity contribution in [2.75, 3.05) is 13.7 Å².